The largest absolute Gasteiger partial charge is 0.372 e. The molecule has 2 heterocycles. The number of hydrogen-bond acceptors (Lipinski definition) is 4. The Kier molecular flexibility index (Phi) is 4.24. The van der Waals surface area contributed by atoms with Crippen molar-refractivity contribution in [3.63, 3.8) is 0 Å². The standard InChI is InChI=1S/C14H15FN4O/c1-9(10-3-5-17-6-4-10)19-14(20)12-7-11(15)8-18-13(12)16-2/h3-9H,1-2H3,(H,16,18)(H,19,20). The molecule has 6 heteroatoms. The van der Waals surface area contributed by atoms with E-state index in [0.717, 1.165) is 17.8 Å². The number of carbonyl (C=O) groups excluding carboxylic acids is 1. The summed E-state index contributed by atoms with van der Waals surface area (Å²) in [4.78, 5) is 19.9. The van der Waals surface area contributed by atoms with Crippen LogP contribution in [-0.2, 0) is 0 Å². The molecular weight excluding hydrogens is 259 g/mol. The summed E-state index contributed by atoms with van der Waals surface area (Å²) >= 11 is 0. The monoisotopic (exact) mass is 274 g/mol. The van der Waals surface area contributed by atoms with Gasteiger partial charge in [0.25, 0.3) is 5.91 Å². The summed E-state index contributed by atoms with van der Waals surface area (Å²) in [7, 11) is 1.63. The van der Waals surface area contributed by atoms with E-state index in [9.17, 15) is 9.18 Å². The Morgan fingerprint density at radius 3 is 2.70 bits per heavy atom. The first-order chi connectivity index (χ1) is 9.61. The van der Waals surface area contributed by atoms with Gasteiger partial charge in [-0.1, -0.05) is 0 Å². The molecule has 0 radical (unpaired) electrons. The number of hydrogen-bond donors (Lipinski definition) is 2. The van der Waals surface area contributed by atoms with Crippen LogP contribution in [0.5, 0.6) is 0 Å². The molecule has 1 atom stereocenters. The van der Waals surface area contributed by atoms with Gasteiger partial charge in [0.05, 0.1) is 17.8 Å². The molecule has 0 bridgehead atoms. The van der Waals surface area contributed by atoms with Crippen molar-refractivity contribution in [3.8, 4) is 0 Å². The maximum absolute atomic E-state index is 13.2. The molecule has 20 heavy (non-hydrogen) atoms. The Labute approximate surface area is 116 Å². The highest BCUT2D eigenvalue weighted by molar-refractivity contribution is 5.98. The summed E-state index contributed by atoms with van der Waals surface area (Å²) < 4.78 is 13.2. The number of pyridine rings is 2. The van der Waals surface area contributed by atoms with Crippen molar-refractivity contribution in [2.24, 2.45) is 0 Å². The van der Waals surface area contributed by atoms with Crippen LogP contribution < -0.4 is 10.6 Å². The number of nitrogens with zero attached hydrogens (tertiary/aromatic N) is 2. The lowest BCUT2D eigenvalue weighted by atomic mass is 10.1. The summed E-state index contributed by atoms with van der Waals surface area (Å²) in [6.07, 6.45) is 4.37. The van der Waals surface area contributed by atoms with Crippen molar-refractivity contribution in [2.75, 3.05) is 12.4 Å². The van der Waals surface area contributed by atoms with Crippen molar-refractivity contribution < 1.29 is 9.18 Å². The topological polar surface area (TPSA) is 66.9 Å². The second kappa shape index (κ2) is 6.10. The molecule has 0 saturated heterocycles. The molecule has 2 aromatic heterocycles. The second-order valence-corrected chi connectivity index (χ2v) is 4.28. The van der Waals surface area contributed by atoms with Crippen LogP contribution in [0.4, 0.5) is 10.2 Å². The molecule has 2 rings (SSSR count). The predicted octanol–water partition coefficient (Wildman–Crippen LogP) is 2.15. The van der Waals surface area contributed by atoms with Gasteiger partial charge in [0, 0.05) is 19.4 Å². The summed E-state index contributed by atoms with van der Waals surface area (Å²) in [6.45, 7) is 1.85. The molecule has 0 aromatic carbocycles. The van der Waals surface area contributed by atoms with Gasteiger partial charge in [-0.05, 0) is 30.7 Å². The van der Waals surface area contributed by atoms with Crippen molar-refractivity contribution in [3.05, 3.63) is 53.7 Å². The quantitative estimate of drug-likeness (QED) is 0.896. The van der Waals surface area contributed by atoms with E-state index < -0.39 is 5.82 Å². The van der Waals surface area contributed by atoms with E-state index in [1.165, 1.54) is 0 Å². The molecular formula is C14H15FN4O. The molecule has 1 amide bonds. The summed E-state index contributed by atoms with van der Waals surface area (Å²) in [5.74, 6) is -0.595. The highest BCUT2D eigenvalue weighted by Crippen LogP contribution is 2.16. The third-order valence-corrected chi connectivity index (χ3v) is 2.89. The van der Waals surface area contributed by atoms with E-state index in [2.05, 4.69) is 20.6 Å². The van der Waals surface area contributed by atoms with Gasteiger partial charge in [-0.2, -0.15) is 0 Å². The zero-order valence-electron chi connectivity index (χ0n) is 11.2. The molecule has 0 aliphatic carbocycles. The van der Waals surface area contributed by atoms with E-state index in [1.54, 1.807) is 19.4 Å². The lowest BCUT2D eigenvalue weighted by molar-refractivity contribution is 0.0940. The maximum atomic E-state index is 13.2. The van der Waals surface area contributed by atoms with Gasteiger partial charge in [0.1, 0.15) is 11.6 Å². The van der Waals surface area contributed by atoms with Crippen molar-refractivity contribution in [1.82, 2.24) is 15.3 Å². The molecule has 0 saturated carbocycles. The molecule has 2 N–H and O–H groups in total. The number of aromatic nitrogens is 2. The summed E-state index contributed by atoms with van der Waals surface area (Å²) in [5, 5.41) is 5.57. The van der Waals surface area contributed by atoms with Crippen LogP contribution in [0.25, 0.3) is 0 Å². The lowest BCUT2D eigenvalue weighted by Gasteiger charge is -2.15. The first-order valence-corrected chi connectivity index (χ1v) is 6.16. The van der Waals surface area contributed by atoms with Crippen molar-refractivity contribution in [2.45, 2.75) is 13.0 Å². The Bertz CT molecular complexity index is 603. The normalized spacial score (nSPS) is 11.8. The zero-order valence-corrected chi connectivity index (χ0v) is 11.2. The Morgan fingerprint density at radius 2 is 2.05 bits per heavy atom. The average molecular weight is 274 g/mol. The highest BCUT2D eigenvalue weighted by Gasteiger charge is 2.16. The molecule has 2 aromatic rings. The minimum atomic E-state index is -0.550. The fourth-order valence-electron chi connectivity index (χ4n) is 1.82. The predicted molar refractivity (Wildman–Crippen MR) is 73.9 cm³/mol. The smallest absolute Gasteiger partial charge is 0.255 e. The van der Waals surface area contributed by atoms with E-state index in [4.69, 9.17) is 0 Å². The van der Waals surface area contributed by atoms with E-state index in [1.807, 2.05) is 19.1 Å². The molecule has 5 nitrogen and oxygen atoms in total. The maximum Gasteiger partial charge on any atom is 0.255 e. The lowest BCUT2D eigenvalue weighted by Crippen LogP contribution is -2.27. The molecule has 0 spiro atoms. The first kappa shape index (κ1) is 13.9. The van der Waals surface area contributed by atoms with Crippen LogP contribution in [0.1, 0.15) is 28.9 Å². The highest BCUT2D eigenvalue weighted by atomic mass is 19.1. The van der Waals surface area contributed by atoms with Gasteiger partial charge < -0.3 is 10.6 Å². The van der Waals surface area contributed by atoms with Crippen LogP contribution in [0, 0.1) is 5.82 Å². The molecule has 0 aliphatic heterocycles. The van der Waals surface area contributed by atoms with Gasteiger partial charge in [0.15, 0.2) is 0 Å². The third-order valence-electron chi connectivity index (χ3n) is 2.89. The SMILES string of the molecule is CNc1ncc(F)cc1C(=O)NC(C)c1ccncc1. The Hall–Kier alpha value is -2.50. The van der Waals surface area contributed by atoms with Gasteiger partial charge in [-0.25, -0.2) is 9.37 Å². The van der Waals surface area contributed by atoms with Crippen molar-refractivity contribution in [1.29, 1.82) is 0 Å². The van der Waals surface area contributed by atoms with Crippen LogP contribution in [-0.4, -0.2) is 22.9 Å². The van der Waals surface area contributed by atoms with Crippen LogP contribution in [0.3, 0.4) is 0 Å². The van der Waals surface area contributed by atoms with E-state index in [-0.39, 0.29) is 17.5 Å². The Morgan fingerprint density at radius 1 is 1.35 bits per heavy atom. The minimum absolute atomic E-state index is 0.174. The third kappa shape index (κ3) is 3.09. The molecule has 0 aliphatic rings. The summed E-state index contributed by atoms with van der Waals surface area (Å²) in [6, 6.07) is 4.58. The van der Waals surface area contributed by atoms with Crippen molar-refractivity contribution >= 4 is 11.7 Å². The number of carbonyl (C=O) groups is 1. The zero-order chi connectivity index (χ0) is 14.5. The van der Waals surface area contributed by atoms with Crippen LogP contribution in [0.2, 0.25) is 0 Å². The number of amides is 1. The minimum Gasteiger partial charge on any atom is -0.372 e. The van der Waals surface area contributed by atoms with Gasteiger partial charge in [0.2, 0.25) is 0 Å². The first-order valence-electron chi connectivity index (χ1n) is 6.16. The molecule has 104 valence electrons. The fraction of sp³-hybridized carbons (Fsp3) is 0.214. The second-order valence-electron chi connectivity index (χ2n) is 4.28. The average Bonchev–Trinajstić information content (AvgIpc) is 2.48. The number of rotatable bonds is 4. The van der Waals surface area contributed by atoms with Gasteiger partial charge in [-0.3, -0.25) is 9.78 Å². The number of halogens is 1. The van der Waals surface area contributed by atoms with E-state index in [0.29, 0.717) is 5.82 Å². The van der Waals surface area contributed by atoms with Gasteiger partial charge in [-0.15, -0.1) is 0 Å². The molecule has 0 fully saturated rings. The Balaban J connectivity index is 2.18. The van der Waals surface area contributed by atoms with E-state index >= 15 is 0 Å². The number of nitrogens with one attached hydrogen (secondary N) is 2. The van der Waals surface area contributed by atoms with Crippen LogP contribution in [0.15, 0.2) is 36.8 Å². The van der Waals surface area contributed by atoms with Gasteiger partial charge >= 0.3 is 0 Å². The number of anilines is 1. The molecule has 1 unspecified atom stereocenters. The van der Waals surface area contributed by atoms with Crippen LogP contribution >= 0.6 is 0 Å². The fourth-order valence-corrected chi connectivity index (χ4v) is 1.82. The summed E-state index contributed by atoms with van der Waals surface area (Å²) in [5.41, 5.74) is 1.09.